The molecule has 2 aromatic carbocycles. The van der Waals surface area contributed by atoms with E-state index in [1.807, 2.05) is 24.3 Å². The quantitative estimate of drug-likeness (QED) is 0.326. The van der Waals surface area contributed by atoms with E-state index in [4.69, 9.17) is 32.7 Å². The zero-order valence-electron chi connectivity index (χ0n) is 12.9. The van der Waals surface area contributed by atoms with Crippen LogP contribution in [0.15, 0.2) is 48.5 Å². The number of ether oxygens (including phenoxy) is 2. The molecule has 0 amide bonds. The minimum absolute atomic E-state index is 0.0879. The normalized spacial score (nSPS) is 11.1. The number of carbonyl (C=O) groups is 1. The van der Waals surface area contributed by atoms with Crippen molar-refractivity contribution in [3.63, 3.8) is 0 Å². The highest BCUT2D eigenvalue weighted by molar-refractivity contribution is 7.19. The topological polar surface area (TPSA) is 48.4 Å². The number of benzene rings is 2. The molecule has 128 valence electrons. The molecule has 0 radical (unpaired) electrons. The Morgan fingerprint density at radius 1 is 1.08 bits per heavy atom. The van der Waals surface area contributed by atoms with E-state index in [0.29, 0.717) is 15.8 Å². The third-order valence-corrected chi connectivity index (χ3v) is 4.76. The van der Waals surface area contributed by atoms with Crippen LogP contribution >= 0.6 is 34.5 Å². The second kappa shape index (κ2) is 8.34. The predicted octanol–water partition coefficient (Wildman–Crippen LogP) is 5.24. The Balaban J connectivity index is 1.48. The molecule has 4 nitrogen and oxygen atoms in total. The average Bonchev–Trinajstić information content (AvgIpc) is 3.02. The van der Waals surface area contributed by atoms with Gasteiger partial charge in [-0.2, -0.15) is 0 Å². The van der Waals surface area contributed by atoms with Crippen molar-refractivity contribution in [3.05, 3.63) is 63.6 Å². The van der Waals surface area contributed by atoms with Gasteiger partial charge in [-0.15, -0.1) is 11.3 Å². The first-order valence-corrected chi connectivity index (χ1v) is 8.98. The van der Waals surface area contributed by atoms with E-state index in [1.54, 1.807) is 24.3 Å². The molecule has 0 atom stereocenters. The maximum Gasteiger partial charge on any atom is 0.330 e. The van der Waals surface area contributed by atoms with Gasteiger partial charge in [0.15, 0.2) is 5.75 Å². The third-order valence-electron chi connectivity index (χ3n) is 3.17. The summed E-state index contributed by atoms with van der Waals surface area (Å²) in [5, 5.41) is 1.57. The van der Waals surface area contributed by atoms with Crippen LogP contribution in [0.5, 0.6) is 5.75 Å². The van der Waals surface area contributed by atoms with Crippen LogP contribution in [0.1, 0.15) is 5.01 Å². The smallest absolute Gasteiger partial charge is 0.330 e. The van der Waals surface area contributed by atoms with Crippen molar-refractivity contribution in [2.45, 2.75) is 0 Å². The number of para-hydroxylation sites is 2. The molecule has 1 heterocycles. The monoisotopic (exact) mass is 393 g/mol. The van der Waals surface area contributed by atoms with Gasteiger partial charge in [0.2, 0.25) is 0 Å². The largest absolute Gasteiger partial charge is 0.487 e. The number of thiazole rings is 1. The Labute approximate surface area is 158 Å². The van der Waals surface area contributed by atoms with Crippen molar-refractivity contribution in [1.82, 2.24) is 4.98 Å². The minimum atomic E-state index is -0.465. The fraction of sp³-hybridized carbons (Fsp3) is 0.111. The fourth-order valence-corrected chi connectivity index (χ4v) is 3.43. The van der Waals surface area contributed by atoms with Crippen LogP contribution in [0.3, 0.4) is 0 Å². The van der Waals surface area contributed by atoms with Gasteiger partial charge in [0.05, 0.1) is 20.3 Å². The molecule has 7 heteroatoms. The van der Waals surface area contributed by atoms with Gasteiger partial charge in [-0.3, -0.25) is 0 Å². The molecule has 0 aliphatic heterocycles. The lowest BCUT2D eigenvalue weighted by atomic mass is 10.3. The molecule has 0 N–H and O–H groups in total. The lowest BCUT2D eigenvalue weighted by Gasteiger charge is -2.09. The van der Waals surface area contributed by atoms with Crippen molar-refractivity contribution in [2.75, 3.05) is 13.2 Å². The zero-order valence-corrected chi connectivity index (χ0v) is 15.3. The minimum Gasteiger partial charge on any atom is -0.487 e. The first kappa shape index (κ1) is 17.7. The van der Waals surface area contributed by atoms with E-state index in [0.717, 1.165) is 15.2 Å². The highest BCUT2D eigenvalue weighted by atomic mass is 35.5. The maximum absolute atomic E-state index is 11.7. The molecule has 3 aromatic rings. The van der Waals surface area contributed by atoms with Gasteiger partial charge < -0.3 is 9.47 Å². The van der Waals surface area contributed by atoms with Gasteiger partial charge in [0, 0.05) is 6.08 Å². The number of hydrogen-bond acceptors (Lipinski definition) is 5. The Morgan fingerprint density at radius 3 is 2.60 bits per heavy atom. The first-order valence-electron chi connectivity index (χ1n) is 7.41. The predicted molar refractivity (Wildman–Crippen MR) is 102 cm³/mol. The van der Waals surface area contributed by atoms with E-state index < -0.39 is 5.97 Å². The van der Waals surface area contributed by atoms with E-state index in [2.05, 4.69) is 4.98 Å². The highest BCUT2D eigenvalue weighted by Gasteiger charge is 2.07. The summed E-state index contributed by atoms with van der Waals surface area (Å²) in [7, 11) is 0. The van der Waals surface area contributed by atoms with E-state index in [9.17, 15) is 4.79 Å². The fourth-order valence-electron chi connectivity index (χ4n) is 2.06. The Hall–Kier alpha value is -2.08. The van der Waals surface area contributed by atoms with Gasteiger partial charge in [-0.1, -0.05) is 41.4 Å². The molecule has 25 heavy (non-hydrogen) atoms. The van der Waals surface area contributed by atoms with Crippen LogP contribution in [0.25, 0.3) is 16.3 Å². The van der Waals surface area contributed by atoms with Gasteiger partial charge in [-0.05, 0) is 30.3 Å². The summed E-state index contributed by atoms with van der Waals surface area (Å²) in [5.41, 5.74) is 0.908. The SMILES string of the molecule is O=C(/C=C/c1nc2ccccc2s1)OCCOc1c(Cl)cccc1Cl. The summed E-state index contributed by atoms with van der Waals surface area (Å²) in [4.78, 5) is 16.1. The standard InChI is InChI=1S/C18H13Cl2NO3S/c19-12-4-3-5-13(20)18(12)24-11-10-23-17(22)9-8-16-21-14-6-1-2-7-15(14)25-16/h1-9H,10-11H2/b9-8+. The second-order valence-corrected chi connectivity index (χ2v) is 6.80. The average molecular weight is 394 g/mol. The molecule has 0 spiro atoms. The van der Waals surface area contributed by atoms with Gasteiger partial charge >= 0.3 is 5.97 Å². The number of halogens is 2. The maximum atomic E-state index is 11.7. The number of esters is 1. The second-order valence-electron chi connectivity index (χ2n) is 4.92. The van der Waals surface area contributed by atoms with Crippen molar-refractivity contribution >= 4 is 56.8 Å². The molecular weight excluding hydrogens is 381 g/mol. The molecule has 3 rings (SSSR count). The third kappa shape index (κ3) is 4.72. The zero-order chi connectivity index (χ0) is 17.6. The van der Waals surface area contributed by atoms with E-state index >= 15 is 0 Å². The van der Waals surface area contributed by atoms with Crippen LogP contribution in [-0.4, -0.2) is 24.2 Å². The van der Waals surface area contributed by atoms with Crippen molar-refractivity contribution < 1.29 is 14.3 Å². The summed E-state index contributed by atoms with van der Waals surface area (Å²) in [6.45, 7) is 0.245. The summed E-state index contributed by atoms with van der Waals surface area (Å²) < 4.78 is 11.6. The lowest BCUT2D eigenvalue weighted by molar-refractivity contribution is -0.138. The number of hydrogen-bond donors (Lipinski definition) is 0. The summed E-state index contributed by atoms with van der Waals surface area (Å²) >= 11 is 13.5. The molecule has 0 saturated heterocycles. The molecule has 0 aliphatic rings. The number of nitrogens with zero attached hydrogens (tertiary/aromatic N) is 1. The van der Waals surface area contributed by atoms with E-state index in [1.165, 1.54) is 17.4 Å². The highest BCUT2D eigenvalue weighted by Crippen LogP contribution is 2.32. The van der Waals surface area contributed by atoms with E-state index in [-0.39, 0.29) is 13.2 Å². The van der Waals surface area contributed by atoms with Crippen LogP contribution in [-0.2, 0) is 9.53 Å². The number of aromatic nitrogens is 1. The van der Waals surface area contributed by atoms with Gasteiger partial charge in [0.1, 0.15) is 18.2 Å². The van der Waals surface area contributed by atoms with Crippen molar-refractivity contribution in [3.8, 4) is 5.75 Å². The number of rotatable bonds is 6. The van der Waals surface area contributed by atoms with Crippen LogP contribution < -0.4 is 4.74 Å². The van der Waals surface area contributed by atoms with Crippen molar-refractivity contribution in [2.24, 2.45) is 0 Å². The molecule has 0 aliphatic carbocycles. The van der Waals surface area contributed by atoms with Gasteiger partial charge in [0.25, 0.3) is 0 Å². The van der Waals surface area contributed by atoms with Crippen LogP contribution in [0.4, 0.5) is 0 Å². The molecule has 0 fully saturated rings. The van der Waals surface area contributed by atoms with Crippen LogP contribution in [0.2, 0.25) is 10.0 Å². The molecule has 1 aromatic heterocycles. The Morgan fingerprint density at radius 2 is 1.84 bits per heavy atom. The van der Waals surface area contributed by atoms with Gasteiger partial charge in [-0.25, -0.2) is 9.78 Å². The summed E-state index contributed by atoms with van der Waals surface area (Å²) in [6.07, 6.45) is 2.99. The molecule has 0 saturated carbocycles. The molecule has 0 unspecified atom stereocenters. The first-order chi connectivity index (χ1) is 12.1. The number of carbonyl (C=O) groups excluding carboxylic acids is 1. The van der Waals surface area contributed by atoms with Crippen molar-refractivity contribution in [1.29, 1.82) is 0 Å². The summed E-state index contributed by atoms with van der Waals surface area (Å²) in [5.74, 6) is -0.0833. The summed E-state index contributed by atoms with van der Waals surface area (Å²) in [6, 6.07) is 12.9. The Kier molecular flexibility index (Phi) is 5.91. The van der Waals surface area contributed by atoms with Crippen LogP contribution in [0, 0.1) is 0 Å². The number of fused-ring (bicyclic) bond motifs is 1. The lowest BCUT2D eigenvalue weighted by Crippen LogP contribution is -2.10. The molecule has 0 bridgehead atoms. The Bertz CT molecular complexity index is 870. The molecular formula is C18H13Cl2NO3S.